The van der Waals surface area contributed by atoms with Crippen molar-refractivity contribution in [1.82, 2.24) is 0 Å². The van der Waals surface area contributed by atoms with E-state index >= 15 is 0 Å². The van der Waals surface area contributed by atoms with Crippen LogP contribution in [0.25, 0.3) is 0 Å². The van der Waals surface area contributed by atoms with Crippen LogP contribution in [0.15, 0.2) is 24.3 Å². The standard InChI is InChI=1S/C10H18.C7H6O3/c1-9(2)8-4-6-10(9,3)7-5-8;8-6-4-2-1-3-5(6)7(9)10/h8H,4-7H2,1-3H3;1-4,8H,(H,9,10). The van der Waals surface area contributed by atoms with Gasteiger partial charge in [0.2, 0.25) is 0 Å². The summed E-state index contributed by atoms with van der Waals surface area (Å²) >= 11 is 0. The molecule has 2 N–H and O–H groups in total. The van der Waals surface area contributed by atoms with Gasteiger partial charge in [-0.05, 0) is 54.6 Å². The maximum atomic E-state index is 10.3. The normalized spacial score (nSPS) is 29.6. The van der Waals surface area contributed by atoms with E-state index in [1.165, 1.54) is 37.8 Å². The molecule has 2 bridgehead atoms. The SMILES string of the molecule is CC12CCC(CC1)C2(C)C.O=C(O)c1ccccc1O. The molecule has 2 saturated carbocycles. The van der Waals surface area contributed by atoms with Crippen molar-refractivity contribution < 1.29 is 15.0 Å². The Morgan fingerprint density at radius 3 is 1.95 bits per heavy atom. The van der Waals surface area contributed by atoms with Gasteiger partial charge in [-0.1, -0.05) is 32.9 Å². The Morgan fingerprint density at radius 1 is 1.15 bits per heavy atom. The third-order valence-electron chi connectivity index (χ3n) is 5.80. The summed E-state index contributed by atoms with van der Waals surface area (Å²) in [5.41, 5.74) is 1.30. The molecule has 2 fully saturated rings. The summed E-state index contributed by atoms with van der Waals surface area (Å²) in [5.74, 6) is -0.259. The summed E-state index contributed by atoms with van der Waals surface area (Å²) in [4.78, 5) is 10.3. The highest BCUT2D eigenvalue weighted by molar-refractivity contribution is 5.90. The molecule has 1 aromatic rings. The maximum absolute atomic E-state index is 10.3. The minimum atomic E-state index is -1.11. The molecule has 20 heavy (non-hydrogen) atoms. The fraction of sp³-hybridized carbons (Fsp3) is 0.588. The van der Waals surface area contributed by atoms with Crippen molar-refractivity contribution in [1.29, 1.82) is 0 Å². The number of carbonyl (C=O) groups is 1. The lowest BCUT2D eigenvalue weighted by Crippen LogP contribution is -2.26. The number of fused-ring (bicyclic) bond motifs is 2. The average Bonchev–Trinajstić information content (AvgIpc) is 2.74. The van der Waals surface area contributed by atoms with Gasteiger partial charge in [0, 0.05) is 0 Å². The van der Waals surface area contributed by atoms with Crippen LogP contribution in [0.5, 0.6) is 5.75 Å². The van der Waals surface area contributed by atoms with Crippen LogP contribution in [-0.4, -0.2) is 16.2 Å². The van der Waals surface area contributed by atoms with Gasteiger partial charge in [-0.15, -0.1) is 0 Å². The number of rotatable bonds is 1. The Balaban J connectivity index is 0.000000147. The Morgan fingerprint density at radius 2 is 1.70 bits per heavy atom. The van der Waals surface area contributed by atoms with Gasteiger partial charge in [0.25, 0.3) is 0 Å². The van der Waals surface area contributed by atoms with E-state index < -0.39 is 5.97 Å². The highest BCUT2D eigenvalue weighted by atomic mass is 16.4. The fourth-order valence-electron chi connectivity index (χ4n) is 3.77. The number of carboxylic acid groups (broad SMARTS) is 1. The van der Waals surface area contributed by atoms with E-state index in [1.54, 1.807) is 12.1 Å². The van der Waals surface area contributed by atoms with Gasteiger partial charge in [0.15, 0.2) is 0 Å². The molecule has 0 atom stereocenters. The minimum Gasteiger partial charge on any atom is -0.507 e. The molecule has 1 aromatic carbocycles. The predicted octanol–water partition coefficient (Wildman–Crippen LogP) is 4.31. The third-order valence-corrected chi connectivity index (χ3v) is 5.80. The monoisotopic (exact) mass is 276 g/mol. The summed E-state index contributed by atoms with van der Waals surface area (Å²) in [5, 5.41) is 17.3. The van der Waals surface area contributed by atoms with Crippen molar-refractivity contribution in [2.45, 2.75) is 46.5 Å². The molecule has 0 unspecified atom stereocenters. The second-order valence-corrected chi connectivity index (χ2v) is 6.88. The van der Waals surface area contributed by atoms with Crippen molar-refractivity contribution in [3.63, 3.8) is 0 Å². The first-order valence-corrected chi connectivity index (χ1v) is 7.29. The second kappa shape index (κ2) is 5.12. The summed E-state index contributed by atoms with van der Waals surface area (Å²) in [6, 6.07) is 5.81. The molecule has 0 heterocycles. The molecule has 0 aliphatic heterocycles. The zero-order valence-electron chi connectivity index (χ0n) is 12.5. The molecule has 2 aliphatic rings. The lowest BCUT2D eigenvalue weighted by atomic mass is 9.71. The van der Waals surface area contributed by atoms with E-state index in [1.807, 2.05) is 0 Å². The Bertz CT molecular complexity index is 494. The van der Waals surface area contributed by atoms with E-state index in [0.717, 1.165) is 5.92 Å². The summed E-state index contributed by atoms with van der Waals surface area (Å²) in [6.45, 7) is 7.43. The number of hydrogen-bond donors (Lipinski definition) is 2. The smallest absolute Gasteiger partial charge is 0.339 e. The third kappa shape index (κ3) is 2.41. The van der Waals surface area contributed by atoms with E-state index in [9.17, 15) is 4.79 Å². The van der Waals surface area contributed by atoms with Crippen molar-refractivity contribution in [2.24, 2.45) is 16.7 Å². The first-order valence-electron chi connectivity index (χ1n) is 7.29. The van der Waals surface area contributed by atoms with Crippen molar-refractivity contribution in [2.75, 3.05) is 0 Å². The lowest BCUT2D eigenvalue weighted by molar-refractivity contribution is 0.0693. The minimum absolute atomic E-state index is 0.0671. The largest absolute Gasteiger partial charge is 0.507 e. The Hall–Kier alpha value is -1.51. The molecule has 3 rings (SSSR count). The molecule has 3 nitrogen and oxygen atoms in total. The molecule has 0 radical (unpaired) electrons. The molecule has 0 amide bonds. The zero-order chi connectivity index (χ0) is 15.0. The van der Waals surface area contributed by atoms with Gasteiger partial charge < -0.3 is 10.2 Å². The first-order chi connectivity index (χ1) is 9.28. The van der Waals surface area contributed by atoms with Crippen LogP contribution < -0.4 is 0 Å². The summed E-state index contributed by atoms with van der Waals surface area (Å²) < 4.78 is 0. The van der Waals surface area contributed by atoms with Gasteiger partial charge in [0.1, 0.15) is 11.3 Å². The first kappa shape index (κ1) is 14.9. The Labute approximate surface area is 120 Å². The van der Waals surface area contributed by atoms with Gasteiger partial charge >= 0.3 is 5.97 Å². The summed E-state index contributed by atoms with van der Waals surface area (Å²) in [7, 11) is 0. The van der Waals surface area contributed by atoms with Gasteiger partial charge in [-0.25, -0.2) is 4.79 Å². The molecule has 0 spiro atoms. The zero-order valence-corrected chi connectivity index (χ0v) is 12.5. The fourth-order valence-corrected chi connectivity index (χ4v) is 3.77. The van der Waals surface area contributed by atoms with Crippen LogP contribution >= 0.6 is 0 Å². The van der Waals surface area contributed by atoms with Gasteiger partial charge in [0.05, 0.1) is 0 Å². The van der Waals surface area contributed by atoms with E-state index in [4.69, 9.17) is 10.2 Å². The second-order valence-electron chi connectivity index (χ2n) is 6.88. The van der Waals surface area contributed by atoms with E-state index in [-0.39, 0.29) is 11.3 Å². The van der Waals surface area contributed by atoms with E-state index in [0.29, 0.717) is 10.8 Å². The van der Waals surface area contributed by atoms with Crippen LogP contribution in [-0.2, 0) is 0 Å². The molecule has 3 heteroatoms. The predicted molar refractivity (Wildman–Crippen MR) is 78.9 cm³/mol. The molecular weight excluding hydrogens is 252 g/mol. The maximum Gasteiger partial charge on any atom is 0.339 e. The average molecular weight is 276 g/mol. The van der Waals surface area contributed by atoms with Crippen LogP contribution in [0.3, 0.4) is 0 Å². The van der Waals surface area contributed by atoms with Crippen LogP contribution in [0.4, 0.5) is 0 Å². The van der Waals surface area contributed by atoms with Crippen molar-refractivity contribution in [3.8, 4) is 5.75 Å². The number of aromatic hydroxyl groups is 1. The number of aromatic carboxylic acids is 1. The highest BCUT2D eigenvalue weighted by Crippen LogP contribution is 2.65. The van der Waals surface area contributed by atoms with Crippen molar-refractivity contribution >= 4 is 5.97 Å². The molecule has 0 aromatic heterocycles. The lowest BCUT2D eigenvalue weighted by Gasteiger charge is -2.34. The number of phenols is 1. The Kier molecular flexibility index (Phi) is 3.81. The molecule has 2 aliphatic carbocycles. The van der Waals surface area contributed by atoms with Gasteiger partial charge in [-0.3, -0.25) is 0 Å². The number of hydrogen-bond acceptors (Lipinski definition) is 2. The highest BCUT2D eigenvalue weighted by Gasteiger charge is 2.55. The topological polar surface area (TPSA) is 57.5 Å². The quantitative estimate of drug-likeness (QED) is 0.803. The van der Waals surface area contributed by atoms with E-state index in [2.05, 4.69) is 20.8 Å². The van der Waals surface area contributed by atoms with Crippen LogP contribution in [0.1, 0.15) is 56.8 Å². The number of carboxylic acids is 1. The molecular formula is C17H24O3. The number of benzene rings is 1. The molecule has 0 saturated heterocycles. The number of para-hydroxylation sites is 1. The van der Waals surface area contributed by atoms with Crippen LogP contribution in [0.2, 0.25) is 0 Å². The van der Waals surface area contributed by atoms with Crippen molar-refractivity contribution in [3.05, 3.63) is 29.8 Å². The van der Waals surface area contributed by atoms with Gasteiger partial charge in [-0.2, -0.15) is 0 Å². The van der Waals surface area contributed by atoms with Crippen LogP contribution in [0, 0.1) is 16.7 Å². The summed E-state index contributed by atoms with van der Waals surface area (Å²) in [6.07, 6.45) is 5.99. The molecule has 110 valence electrons.